The largest absolute Gasteiger partial charge is 0.325 e. The van der Waals surface area contributed by atoms with Gasteiger partial charge in [0.05, 0.1) is 11.7 Å². The average molecular weight is 331 g/mol. The van der Waals surface area contributed by atoms with Crippen LogP contribution in [0.25, 0.3) is 10.2 Å². The summed E-state index contributed by atoms with van der Waals surface area (Å²) >= 11 is 1.48. The van der Waals surface area contributed by atoms with Crippen LogP contribution < -0.4 is 10.9 Å². The van der Waals surface area contributed by atoms with E-state index >= 15 is 0 Å². The van der Waals surface area contributed by atoms with Crippen molar-refractivity contribution in [2.45, 2.75) is 19.9 Å². The van der Waals surface area contributed by atoms with Crippen LogP contribution in [0.3, 0.4) is 0 Å². The Labute approximate surface area is 135 Å². The summed E-state index contributed by atoms with van der Waals surface area (Å²) in [7, 11) is 0. The summed E-state index contributed by atoms with van der Waals surface area (Å²) in [5.41, 5.74) is 0.238. The number of nitrogens with one attached hydrogen (secondary N) is 1. The van der Waals surface area contributed by atoms with Gasteiger partial charge in [-0.1, -0.05) is 6.92 Å². The summed E-state index contributed by atoms with van der Waals surface area (Å²) in [5, 5.41) is 3.15. The molecule has 5 nitrogen and oxygen atoms in total. The number of aryl methyl sites for hydroxylation is 1. The van der Waals surface area contributed by atoms with Gasteiger partial charge in [0.2, 0.25) is 5.91 Å². The second kappa shape index (κ2) is 6.29. The predicted octanol–water partition coefficient (Wildman–Crippen LogP) is 2.80. The molecule has 0 aliphatic heterocycles. The lowest BCUT2D eigenvalue weighted by atomic mass is 10.3. The van der Waals surface area contributed by atoms with Gasteiger partial charge in [0.1, 0.15) is 17.2 Å². The lowest BCUT2D eigenvalue weighted by Gasteiger charge is -2.07. The highest BCUT2D eigenvalue weighted by atomic mass is 32.1. The first kappa shape index (κ1) is 15.4. The van der Waals surface area contributed by atoms with E-state index in [0.29, 0.717) is 15.9 Å². The van der Waals surface area contributed by atoms with Crippen LogP contribution in [0.5, 0.6) is 0 Å². The fraction of sp³-hybridized carbons (Fsp3) is 0.188. The quantitative estimate of drug-likeness (QED) is 0.799. The third kappa shape index (κ3) is 3.29. The number of rotatable bonds is 4. The summed E-state index contributed by atoms with van der Waals surface area (Å²) < 4.78 is 14.1. The number of hydrogen-bond acceptors (Lipinski definition) is 4. The van der Waals surface area contributed by atoms with Crippen LogP contribution in [-0.2, 0) is 17.8 Å². The molecule has 0 unspecified atom stereocenters. The number of carbonyl (C=O) groups excluding carboxylic acids is 1. The number of fused-ring (bicyclic) bond motifs is 1. The number of halogens is 1. The van der Waals surface area contributed by atoms with Crippen molar-refractivity contribution in [2.24, 2.45) is 0 Å². The molecule has 1 N–H and O–H groups in total. The number of hydrogen-bond donors (Lipinski definition) is 1. The predicted molar refractivity (Wildman–Crippen MR) is 88.3 cm³/mol. The fourth-order valence-electron chi connectivity index (χ4n) is 2.19. The number of aromatic nitrogens is 2. The minimum atomic E-state index is -0.377. The second-order valence-electron chi connectivity index (χ2n) is 5.02. The molecule has 0 aliphatic carbocycles. The van der Waals surface area contributed by atoms with E-state index in [2.05, 4.69) is 10.3 Å². The maximum absolute atomic E-state index is 12.8. The van der Waals surface area contributed by atoms with Crippen LogP contribution in [0.1, 0.15) is 11.8 Å². The molecule has 2 heterocycles. The number of thiophene rings is 1. The van der Waals surface area contributed by atoms with E-state index in [9.17, 15) is 14.0 Å². The van der Waals surface area contributed by atoms with Gasteiger partial charge in [-0.2, -0.15) is 0 Å². The fourth-order valence-corrected chi connectivity index (χ4v) is 3.11. The van der Waals surface area contributed by atoms with Crippen LogP contribution in [0.15, 0.2) is 41.5 Å². The van der Waals surface area contributed by atoms with Crippen molar-refractivity contribution in [3.8, 4) is 0 Å². The van der Waals surface area contributed by atoms with E-state index in [-0.39, 0.29) is 23.8 Å². The van der Waals surface area contributed by atoms with Gasteiger partial charge in [-0.25, -0.2) is 9.37 Å². The maximum Gasteiger partial charge on any atom is 0.262 e. The van der Waals surface area contributed by atoms with Gasteiger partial charge in [0.15, 0.2) is 0 Å². The van der Waals surface area contributed by atoms with Gasteiger partial charge >= 0.3 is 0 Å². The molecule has 0 bridgehead atoms. The molecular formula is C16H14FN3O2S. The molecule has 2 aromatic heterocycles. The van der Waals surface area contributed by atoms with Crippen LogP contribution >= 0.6 is 11.3 Å². The third-order valence-corrected chi connectivity index (χ3v) is 4.55. The summed E-state index contributed by atoms with van der Waals surface area (Å²) in [6.07, 6.45) is 2.22. The Morgan fingerprint density at radius 1 is 1.35 bits per heavy atom. The maximum atomic E-state index is 12.8. The Kier molecular flexibility index (Phi) is 4.20. The Hall–Kier alpha value is -2.54. The Morgan fingerprint density at radius 2 is 2.09 bits per heavy atom. The van der Waals surface area contributed by atoms with Crippen LogP contribution in [-0.4, -0.2) is 15.5 Å². The molecule has 1 aromatic carbocycles. The van der Waals surface area contributed by atoms with Crippen molar-refractivity contribution in [1.82, 2.24) is 9.55 Å². The molecule has 0 aliphatic rings. The Bertz CT molecular complexity index is 915. The van der Waals surface area contributed by atoms with Crippen LogP contribution in [0, 0.1) is 5.82 Å². The molecule has 0 saturated heterocycles. The van der Waals surface area contributed by atoms with Crippen molar-refractivity contribution in [3.63, 3.8) is 0 Å². The molecule has 3 rings (SSSR count). The number of anilines is 1. The number of carbonyl (C=O) groups is 1. The van der Waals surface area contributed by atoms with E-state index in [1.54, 1.807) is 0 Å². The van der Waals surface area contributed by atoms with Crippen LogP contribution in [0.2, 0.25) is 0 Å². The normalized spacial score (nSPS) is 10.9. The topological polar surface area (TPSA) is 64.0 Å². The molecule has 7 heteroatoms. The lowest BCUT2D eigenvalue weighted by molar-refractivity contribution is -0.116. The minimum Gasteiger partial charge on any atom is -0.325 e. The third-order valence-electron chi connectivity index (χ3n) is 3.36. The molecule has 118 valence electrons. The molecule has 23 heavy (non-hydrogen) atoms. The van der Waals surface area contributed by atoms with Gasteiger partial charge in [-0.3, -0.25) is 14.2 Å². The van der Waals surface area contributed by atoms with Gasteiger partial charge in [0, 0.05) is 10.6 Å². The zero-order chi connectivity index (χ0) is 16.4. The minimum absolute atomic E-state index is 0.142. The summed E-state index contributed by atoms with van der Waals surface area (Å²) in [6.45, 7) is 1.87. The molecule has 0 radical (unpaired) electrons. The molecular weight excluding hydrogens is 317 g/mol. The first-order chi connectivity index (χ1) is 11.1. The Morgan fingerprint density at radius 3 is 2.78 bits per heavy atom. The standard InChI is InChI=1S/C16H14FN3O2S/c1-2-12-7-13-15(23-12)18-9-20(16(13)22)8-14(21)19-11-5-3-10(17)4-6-11/h3-7,9H,2,8H2,1H3,(H,19,21). The zero-order valence-corrected chi connectivity index (χ0v) is 13.2. The lowest BCUT2D eigenvalue weighted by Crippen LogP contribution is -2.27. The van der Waals surface area contributed by atoms with Crippen molar-refractivity contribution in [3.05, 3.63) is 57.7 Å². The second-order valence-corrected chi connectivity index (χ2v) is 6.13. The molecule has 1 amide bonds. The van der Waals surface area contributed by atoms with E-state index in [0.717, 1.165) is 11.3 Å². The molecule has 0 atom stereocenters. The van der Waals surface area contributed by atoms with Gasteiger partial charge in [-0.05, 0) is 36.8 Å². The highest BCUT2D eigenvalue weighted by Crippen LogP contribution is 2.20. The first-order valence-corrected chi connectivity index (χ1v) is 7.91. The summed E-state index contributed by atoms with van der Waals surface area (Å²) in [6, 6.07) is 7.26. The number of amides is 1. The summed E-state index contributed by atoms with van der Waals surface area (Å²) in [4.78, 5) is 30.4. The van der Waals surface area contributed by atoms with Gasteiger partial charge in [-0.15, -0.1) is 11.3 Å². The van der Waals surface area contributed by atoms with Crippen molar-refractivity contribution in [1.29, 1.82) is 0 Å². The first-order valence-electron chi connectivity index (χ1n) is 7.10. The molecule has 0 spiro atoms. The number of benzene rings is 1. The smallest absolute Gasteiger partial charge is 0.262 e. The van der Waals surface area contributed by atoms with E-state index in [4.69, 9.17) is 0 Å². The highest BCUT2D eigenvalue weighted by molar-refractivity contribution is 7.18. The monoisotopic (exact) mass is 331 g/mol. The van der Waals surface area contributed by atoms with Crippen molar-refractivity contribution < 1.29 is 9.18 Å². The molecule has 0 fully saturated rings. The van der Waals surface area contributed by atoms with Crippen molar-refractivity contribution >= 4 is 33.1 Å². The van der Waals surface area contributed by atoms with Gasteiger partial charge in [0.25, 0.3) is 5.56 Å². The average Bonchev–Trinajstić information content (AvgIpc) is 2.96. The molecule has 0 saturated carbocycles. The van der Waals surface area contributed by atoms with E-state index < -0.39 is 0 Å². The van der Waals surface area contributed by atoms with E-state index in [1.165, 1.54) is 46.5 Å². The number of nitrogens with zero attached hydrogens (tertiary/aromatic N) is 2. The van der Waals surface area contributed by atoms with Crippen LogP contribution in [0.4, 0.5) is 10.1 Å². The zero-order valence-electron chi connectivity index (χ0n) is 12.4. The SMILES string of the molecule is CCc1cc2c(=O)n(CC(=O)Nc3ccc(F)cc3)cnc2s1. The molecule has 3 aromatic rings. The van der Waals surface area contributed by atoms with Crippen molar-refractivity contribution in [2.75, 3.05) is 5.32 Å². The van der Waals surface area contributed by atoms with E-state index in [1.807, 2.05) is 13.0 Å². The Balaban J connectivity index is 1.80. The van der Waals surface area contributed by atoms with Gasteiger partial charge < -0.3 is 5.32 Å². The highest BCUT2D eigenvalue weighted by Gasteiger charge is 2.11. The summed E-state index contributed by atoms with van der Waals surface area (Å²) in [5.74, 6) is -0.746.